The van der Waals surface area contributed by atoms with E-state index in [1.165, 1.54) is 12.3 Å². The molecule has 0 aliphatic carbocycles. The Bertz CT molecular complexity index is 1180. The summed E-state index contributed by atoms with van der Waals surface area (Å²) >= 11 is 0. The van der Waals surface area contributed by atoms with Gasteiger partial charge >= 0.3 is 0 Å². The molecular weight excluding hydrogens is 373 g/mol. The van der Waals surface area contributed by atoms with E-state index in [1.807, 2.05) is 0 Å². The summed E-state index contributed by atoms with van der Waals surface area (Å²) in [5.74, 6) is 0.483. The van der Waals surface area contributed by atoms with Crippen molar-refractivity contribution in [3.05, 3.63) is 59.6 Å². The summed E-state index contributed by atoms with van der Waals surface area (Å²) in [5.41, 5.74) is 2.10. The first-order valence-corrected chi connectivity index (χ1v) is 9.05. The lowest BCUT2D eigenvalue weighted by atomic mass is 10.00. The Labute approximate surface area is 166 Å². The molecule has 0 bridgehead atoms. The predicted molar refractivity (Wildman–Crippen MR) is 106 cm³/mol. The summed E-state index contributed by atoms with van der Waals surface area (Å²) in [7, 11) is 0. The van der Waals surface area contributed by atoms with Crippen molar-refractivity contribution in [1.29, 1.82) is 10.7 Å². The highest BCUT2D eigenvalue weighted by Gasteiger charge is 2.32. The molecule has 1 saturated heterocycles. The van der Waals surface area contributed by atoms with Crippen LogP contribution >= 0.6 is 0 Å². The van der Waals surface area contributed by atoms with Gasteiger partial charge < -0.3 is 20.0 Å². The minimum Gasteiger partial charge on any atom is -0.455 e. The number of nitriles is 1. The van der Waals surface area contributed by atoms with Crippen LogP contribution in [0.4, 0.5) is 4.48 Å². The van der Waals surface area contributed by atoms with E-state index in [4.69, 9.17) is 15.4 Å². The van der Waals surface area contributed by atoms with Crippen LogP contribution in [0.15, 0.2) is 42.7 Å². The highest BCUT2D eigenvalue weighted by molar-refractivity contribution is 5.97. The lowest BCUT2D eigenvalue weighted by Crippen LogP contribution is -2.49. The molecule has 0 radical (unpaired) electrons. The van der Waals surface area contributed by atoms with Crippen LogP contribution in [0.2, 0.25) is 0 Å². The molecule has 1 fully saturated rings. The van der Waals surface area contributed by atoms with Gasteiger partial charge in [0.15, 0.2) is 5.76 Å². The number of rotatable bonds is 5. The van der Waals surface area contributed by atoms with E-state index in [9.17, 15) is 9.28 Å². The quantitative estimate of drug-likeness (QED) is 0.513. The molecule has 0 unspecified atom stereocenters. The van der Waals surface area contributed by atoms with Gasteiger partial charge in [0.1, 0.15) is 5.75 Å². The molecule has 7 nitrogen and oxygen atoms in total. The number of ether oxygens (including phenoxy) is 1. The number of nitrogens with one attached hydrogen (secondary N) is 2. The smallest absolute Gasteiger partial charge is 0.255 e. The zero-order valence-corrected chi connectivity index (χ0v) is 15.6. The Balaban J connectivity index is 1.60. The summed E-state index contributed by atoms with van der Waals surface area (Å²) in [5, 5.41) is 17.1. The van der Waals surface area contributed by atoms with Crippen molar-refractivity contribution < 1.29 is 14.0 Å². The van der Waals surface area contributed by atoms with Crippen LogP contribution in [-0.2, 0) is 0 Å². The van der Waals surface area contributed by atoms with Gasteiger partial charge in [-0.3, -0.25) is 4.79 Å². The Hall–Kier alpha value is -3.86. The van der Waals surface area contributed by atoms with Crippen molar-refractivity contribution in [2.75, 3.05) is 13.1 Å². The third-order valence-electron chi connectivity index (χ3n) is 5.05. The summed E-state index contributed by atoms with van der Waals surface area (Å²) in [6, 6.07) is 8.84. The second-order valence-corrected chi connectivity index (χ2v) is 6.89. The monoisotopic (exact) mass is 391 g/mol. The number of nitrogens with zero attached hydrogens (tertiary/aromatic N) is 3. The summed E-state index contributed by atoms with van der Waals surface area (Å²) in [6.07, 6.45) is 5.47. The van der Waals surface area contributed by atoms with Gasteiger partial charge in [-0.05, 0) is 30.7 Å². The number of aromatic nitrogens is 2. The van der Waals surface area contributed by atoms with E-state index >= 15 is 0 Å². The van der Waals surface area contributed by atoms with E-state index in [0.29, 0.717) is 51.7 Å². The molecule has 2 aromatic heterocycles. The molecule has 1 amide bonds. The number of H-pyrrole nitrogens is 1. The molecule has 2 N–H and O–H groups in total. The molecule has 0 atom stereocenters. The van der Waals surface area contributed by atoms with Crippen molar-refractivity contribution in [2.24, 2.45) is 5.92 Å². The van der Waals surface area contributed by atoms with Crippen molar-refractivity contribution in [1.82, 2.24) is 14.7 Å². The van der Waals surface area contributed by atoms with Crippen LogP contribution in [0.25, 0.3) is 16.7 Å². The fourth-order valence-corrected chi connectivity index (χ4v) is 3.38. The van der Waals surface area contributed by atoms with Crippen molar-refractivity contribution in [3.63, 3.8) is 0 Å². The third-order valence-corrected chi connectivity index (χ3v) is 5.05. The Morgan fingerprint density at radius 1 is 1.41 bits per heavy atom. The molecule has 1 aromatic carbocycles. The third kappa shape index (κ3) is 3.27. The van der Waals surface area contributed by atoms with Crippen LogP contribution in [0.5, 0.6) is 5.75 Å². The lowest BCUT2D eigenvalue weighted by Gasteiger charge is -2.35. The van der Waals surface area contributed by atoms with Gasteiger partial charge in [-0.1, -0.05) is 4.48 Å². The first-order chi connectivity index (χ1) is 14.0. The zero-order valence-electron chi connectivity index (χ0n) is 15.6. The summed E-state index contributed by atoms with van der Waals surface area (Å²) < 4.78 is 19.7. The molecule has 0 spiro atoms. The Morgan fingerprint density at radius 2 is 2.21 bits per heavy atom. The normalized spacial score (nSPS) is 14.5. The zero-order chi connectivity index (χ0) is 20.5. The Kier molecular flexibility index (Phi) is 4.64. The molecule has 1 aliphatic rings. The van der Waals surface area contributed by atoms with Crippen molar-refractivity contribution >= 4 is 28.8 Å². The van der Waals surface area contributed by atoms with Crippen LogP contribution in [0, 0.1) is 29.6 Å². The van der Waals surface area contributed by atoms with E-state index in [-0.39, 0.29) is 11.8 Å². The van der Waals surface area contributed by atoms with Gasteiger partial charge in [0.2, 0.25) is 0 Å². The van der Waals surface area contributed by atoms with Crippen LogP contribution in [-0.4, -0.2) is 39.9 Å². The molecule has 3 aromatic rings. The first kappa shape index (κ1) is 18.5. The highest BCUT2D eigenvalue weighted by atomic mass is 19.2. The molecule has 4 rings (SSSR count). The molecule has 1 aliphatic heterocycles. The fourth-order valence-electron chi connectivity index (χ4n) is 3.38. The number of likely N-dealkylation sites (tertiary alicyclic amines) is 1. The number of hydrogen-bond donors (Lipinski definition) is 2. The standard InChI is InChI=1S/C21H18FN5O2/c1-13-17(21(28)26-11-14(9-24)12-26)10-25-20(13)19(4-6-23)29-16-3-2-15-5-7-27(22)18(15)8-16/h2-8,10,14,23,25H,11-12H2,1H3/b19-4+,23-6?. The molecule has 29 heavy (non-hydrogen) atoms. The second-order valence-electron chi connectivity index (χ2n) is 6.89. The number of allylic oxidation sites excluding steroid dienone is 1. The van der Waals surface area contributed by atoms with Crippen LogP contribution in [0.3, 0.4) is 0 Å². The highest BCUT2D eigenvalue weighted by Crippen LogP contribution is 2.29. The largest absolute Gasteiger partial charge is 0.455 e. The molecular formula is C21H18FN5O2. The maximum atomic E-state index is 13.8. The van der Waals surface area contributed by atoms with Crippen molar-refractivity contribution in [3.8, 4) is 11.8 Å². The van der Waals surface area contributed by atoms with E-state index in [0.717, 1.165) is 11.6 Å². The van der Waals surface area contributed by atoms with Gasteiger partial charge in [0, 0.05) is 49.2 Å². The number of hydrogen-bond acceptors (Lipinski definition) is 4. The van der Waals surface area contributed by atoms with Crippen molar-refractivity contribution in [2.45, 2.75) is 6.92 Å². The summed E-state index contributed by atoms with van der Waals surface area (Å²) in [6.45, 7) is 2.65. The number of carbonyl (C=O) groups is 1. The van der Waals surface area contributed by atoms with Crippen LogP contribution < -0.4 is 4.74 Å². The minimum absolute atomic E-state index is 0.112. The number of aromatic amines is 1. The number of amides is 1. The number of carbonyl (C=O) groups excluding carboxylic acids is 1. The van der Waals surface area contributed by atoms with E-state index < -0.39 is 0 Å². The minimum atomic E-state index is -0.151. The number of halogens is 1. The maximum absolute atomic E-state index is 13.8. The maximum Gasteiger partial charge on any atom is 0.255 e. The lowest BCUT2D eigenvalue weighted by molar-refractivity contribution is 0.0577. The SMILES string of the molecule is Cc1c(C(=O)N2CC(C#N)C2)c[nH]c1/C(=C\C=N)Oc1ccc2ccn(F)c2c1. The number of benzene rings is 1. The molecule has 0 saturated carbocycles. The van der Waals surface area contributed by atoms with E-state index in [1.54, 1.807) is 42.3 Å². The van der Waals surface area contributed by atoms with Gasteiger partial charge in [-0.25, -0.2) is 0 Å². The topological polar surface area (TPSA) is 97.9 Å². The van der Waals surface area contributed by atoms with Gasteiger partial charge in [0.25, 0.3) is 5.91 Å². The second kappa shape index (κ2) is 7.28. The van der Waals surface area contributed by atoms with Crippen LogP contribution in [0.1, 0.15) is 21.6 Å². The Morgan fingerprint density at radius 3 is 2.93 bits per heavy atom. The average Bonchev–Trinajstić information content (AvgIpc) is 3.23. The molecule has 146 valence electrons. The van der Waals surface area contributed by atoms with Gasteiger partial charge in [0.05, 0.1) is 28.8 Å². The molecule has 8 heteroatoms. The van der Waals surface area contributed by atoms with Gasteiger partial charge in [-0.2, -0.15) is 10.1 Å². The summed E-state index contributed by atoms with van der Waals surface area (Å²) in [4.78, 5) is 17.8. The van der Waals surface area contributed by atoms with Gasteiger partial charge in [-0.15, -0.1) is 0 Å². The number of fused-ring (bicyclic) bond motifs is 1. The average molecular weight is 391 g/mol. The predicted octanol–water partition coefficient (Wildman–Crippen LogP) is 3.68. The van der Waals surface area contributed by atoms with E-state index in [2.05, 4.69) is 11.1 Å². The fraction of sp³-hybridized carbons (Fsp3) is 0.190. The first-order valence-electron chi connectivity index (χ1n) is 9.05. The molecule has 3 heterocycles.